The van der Waals surface area contributed by atoms with Crippen molar-refractivity contribution < 1.29 is 18.1 Å². The first-order chi connectivity index (χ1) is 16.9. The van der Waals surface area contributed by atoms with E-state index in [1.165, 1.54) is 29.2 Å². The molecule has 0 radical (unpaired) electrons. The van der Waals surface area contributed by atoms with E-state index in [0.717, 1.165) is 5.56 Å². The molecule has 1 aromatic heterocycles. The Bertz CT molecular complexity index is 1450. The zero-order chi connectivity index (χ0) is 24.5. The lowest BCUT2D eigenvalue weighted by molar-refractivity contribution is 0.203. The molecular formula is C26H19ClF2N4O2. The maximum atomic E-state index is 14.1. The van der Waals surface area contributed by atoms with Gasteiger partial charge >= 0.3 is 6.03 Å². The number of urea groups is 1. The molecule has 0 saturated heterocycles. The minimum Gasteiger partial charge on any atom is -0.334 e. The second kappa shape index (κ2) is 9.31. The first-order valence-electron chi connectivity index (χ1n) is 10.8. The van der Waals surface area contributed by atoms with Gasteiger partial charge in [-0.3, -0.25) is 4.90 Å². The van der Waals surface area contributed by atoms with Crippen molar-refractivity contribution in [2.75, 3.05) is 0 Å². The van der Waals surface area contributed by atoms with Crippen molar-refractivity contribution in [2.24, 2.45) is 0 Å². The average molecular weight is 493 g/mol. The topological polar surface area (TPSA) is 71.3 Å². The van der Waals surface area contributed by atoms with Crippen LogP contribution in [-0.4, -0.2) is 21.1 Å². The smallest absolute Gasteiger partial charge is 0.322 e. The fourth-order valence-corrected chi connectivity index (χ4v) is 4.29. The van der Waals surface area contributed by atoms with Crippen LogP contribution in [0.2, 0.25) is 5.02 Å². The molecule has 6 nitrogen and oxygen atoms in total. The Morgan fingerprint density at radius 3 is 2.51 bits per heavy atom. The maximum Gasteiger partial charge on any atom is 0.322 e. The molecule has 5 rings (SSSR count). The van der Waals surface area contributed by atoms with Gasteiger partial charge in [0.25, 0.3) is 5.89 Å². The Morgan fingerprint density at radius 1 is 1.03 bits per heavy atom. The fourth-order valence-electron chi connectivity index (χ4n) is 4.08. The normalized spacial score (nSPS) is 15.9. The van der Waals surface area contributed by atoms with Gasteiger partial charge in [0, 0.05) is 16.3 Å². The minimum absolute atomic E-state index is 0.132. The van der Waals surface area contributed by atoms with E-state index < -0.39 is 17.7 Å². The van der Waals surface area contributed by atoms with Crippen LogP contribution in [0.15, 0.2) is 83.0 Å². The first kappa shape index (κ1) is 22.7. The molecule has 1 atom stereocenters. The summed E-state index contributed by atoms with van der Waals surface area (Å²) >= 11 is 6.12. The lowest BCUT2D eigenvalue weighted by Crippen LogP contribution is -2.45. The molecule has 2 heterocycles. The molecular weight excluding hydrogens is 474 g/mol. The van der Waals surface area contributed by atoms with Gasteiger partial charge in [-0.05, 0) is 54.4 Å². The van der Waals surface area contributed by atoms with E-state index in [9.17, 15) is 13.6 Å². The van der Waals surface area contributed by atoms with Crippen molar-refractivity contribution in [2.45, 2.75) is 19.5 Å². The summed E-state index contributed by atoms with van der Waals surface area (Å²) in [5, 5.41) is 7.49. The molecule has 1 aliphatic rings. The third kappa shape index (κ3) is 4.65. The lowest BCUT2D eigenvalue weighted by Gasteiger charge is -2.35. The van der Waals surface area contributed by atoms with Crippen molar-refractivity contribution in [3.63, 3.8) is 0 Å². The monoisotopic (exact) mass is 492 g/mol. The van der Waals surface area contributed by atoms with E-state index in [1.54, 1.807) is 49.4 Å². The van der Waals surface area contributed by atoms with Crippen LogP contribution >= 0.6 is 11.6 Å². The number of hydrogen-bond donors (Lipinski definition) is 1. The highest BCUT2D eigenvalue weighted by Crippen LogP contribution is 2.38. The van der Waals surface area contributed by atoms with Crippen LogP contribution in [0.1, 0.15) is 30.0 Å². The summed E-state index contributed by atoms with van der Waals surface area (Å²) in [4.78, 5) is 19.2. The molecule has 0 spiro atoms. The summed E-state index contributed by atoms with van der Waals surface area (Å²) in [5.74, 6) is -0.552. The predicted octanol–water partition coefficient (Wildman–Crippen LogP) is 6.37. The SMILES string of the molecule is CC1=C(c2nc(-c3cccc(F)c3)no2)C(c2cccc(F)c2)NC(=O)N1Cc1cccc(Cl)c1. The number of rotatable bonds is 5. The molecule has 3 aromatic carbocycles. The Hall–Kier alpha value is -4.04. The standard InChI is InChI=1S/C26H19ClF2N4O2/c1-15-22(25-31-24(32-35-25)18-7-4-10-21(29)13-18)23(17-6-3-9-20(28)12-17)30-26(34)33(15)14-16-5-2-8-19(27)11-16/h2-13,23H,14H2,1H3,(H,30,34). The van der Waals surface area contributed by atoms with Gasteiger partial charge in [-0.25, -0.2) is 13.6 Å². The highest BCUT2D eigenvalue weighted by Gasteiger charge is 2.36. The summed E-state index contributed by atoms with van der Waals surface area (Å²) in [7, 11) is 0. The number of hydrogen-bond acceptors (Lipinski definition) is 4. The molecule has 176 valence electrons. The molecule has 0 bridgehead atoms. The number of aromatic nitrogens is 2. The van der Waals surface area contributed by atoms with Gasteiger partial charge in [-0.1, -0.05) is 53.2 Å². The Morgan fingerprint density at radius 2 is 1.77 bits per heavy atom. The molecule has 35 heavy (non-hydrogen) atoms. The molecule has 4 aromatic rings. The van der Waals surface area contributed by atoms with Crippen molar-refractivity contribution in [1.29, 1.82) is 0 Å². The van der Waals surface area contributed by atoms with Gasteiger partial charge in [0.15, 0.2) is 0 Å². The molecule has 0 saturated carbocycles. The van der Waals surface area contributed by atoms with Crippen LogP contribution in [0.4, 0.5) is 13.6 Å². The third-order valence-electron chi connectivity index (χ3n) is 5.75. The minimum atomic E-state index is -0.741. The van der Waals surface area contributed by atoms with Crippen LogP contribution in [0.25, 0.3) is 17.0 Å². The number of allylic oxidation sites excluding steroid dienone is 1. The number of amides is 2. The molecule has 2 amide bonds. The van der Waals surface area contributed by atoms with E-state index in [2.05, 4.69) is 15.5 Å². The summed E-state index contributed by atoms with van der Waals surface area (Å²) in [6.07, 6.45) is 0. The van der Waals surface area contributed by atoms with E-state index >= 15 is 0 Å². The third-order valence-corrected chi connectivity index (χ3v) is 5.98. The summed E-state index contributed by atoms with van der Waals surface area (Å²) < 4.78 is 33.4. The van der Waals surface area contributed by atoms with E-state index in [0.29, 0.717) is 27.4 Å². The Labute approximate surface area is 204 Å². The van der Waals surface area contributed by atoms with Crippen molar-refractivity contribution in [1.82, 2.24) is 20.4 Å². The molecule has 0 aliphatic carbocycles. The number of benzene rings is 3. The first-order valence-corrected chi connectivity index (χ1v) is 11.2. The van der Waals surface area contributed by atoms with Crippen molar-refractivity contribution in [3.8, 4) is 11.4 Å². The number of carbonyl (C=O) groups excluding carboxylic acids is 1. The van der Waals surface area contributed by atoms with Gasteiger partial charge in [-0.15, -0.1) is 0 Å². The second-order valence-corrected chi connectivity index (χ2v) is 8.52. The molecule has 1 N–H and O–H groups in total. The quantitative estimate of drug-likeness (QED) is 0.351. The summed E-state index contributed by atoms with van der Waals surface area (Å²) in [6.45, 7) is 2.00. The van der Waals surface area contributed by atoms with Crippen LogP contribution in [0.5, 0.6) is 0 Å². The van der Waals surface area contributed by atoms with E-state index in [1.807, 2.05) is 6.07 Å². The van der Waals surface area contributed by atoms with Gasteiger partial charge in [-0.2, -0.15) is 4.98 Å². The highest BCUT2D eigenvalue weighted by molar-refractivity contribution is 6.30. The lowest BCUT2D eigenvalue weighted by atomic mass is 9.94. The number of nitrogens with one attached hydrogen (secondary N) is 1. The second-order valence-electron chi connectivity index (χ2n) is 8.09. The summed E-state index contributed by atoms with van der Waals surface area (Å²) in [5.41, 5.74) is 2.84. The van der Waals surface area contributed by atoms with E-state index in [4.69, 9.17) is 16.1 Å². The zero-order valence-electron chi connectivity index (χ0n) is 18.5. The fraction of sp³-hybridized carbons (Fsp3) is 0.115. The predicted molar refractivity (Wildman–Crippen MR) is 127 cm³/mol. The van der Waals surface area contributed by atoms with Gasteiger partial charge in [0.2, 0.25) is 5.82 Å². The molecule has 0 fully saturated rings. The molecule has 9 heteroatoms. The summed E-state index contributed by atoms with van der Waals surface area (Å²) in [6, 6.07) is 17.8. The van der Waals surface area contributed by atoms with E-state index in [-0.39, 0.29) is 24.3 Å². The number of carbonyl (C=O) groups is 1. The number of halogens is 3. The van der Waals surface area contributed by atoms with Crippen LogP contribution < -0.4 is 5.32 Å². The molecule has 1 aliphatic heterocycles. The average Bonchev–Trinajstić information content (AvgIpc) is 3.31. The Kier molecular flexibility index (Phi) is 6.05. The van der Waals surface area contributed by atoms with Gasteiger partial charge in [0.05, 0.1) is 18.2 Å². The highest BCUT2D eigenvalue weighted by atomic mass is 35.5. The molecule has 1 unspecified atom stereocenters. The van der Waals surface area contributed by atoms with Crippen LogP contribution in [0, 0.1) is 11.6 Å². The van der Waals surface area contributed by atoms with Crippen molar-refractivity contribution >= 4 is 23.2 Å². The Balaban J connectivity index is 1.61. The van der Waals surface area contributed by atoms with Gasteiger partial charge < -0.3 is 9.84 Å². The maximum absolute atomic E-state index is 14.1. The van der Waals surface area contributed by atoms with Crippen LogP contribution in [-0.2, 0) is 6.54 Å². The van der Waals surface area contributed by atoms with Crippen LogP contribution in [0.3, 0.4) is 0 Å². The zero-order valence-corrected chi connectivity index (χ0v) is 19.3. The largest absolute Gasteiger partial charge is 0.334 e. The number of nitrogens with zero attached hydrogens (tertiary/aromatic N) is 3. The van der Waals surface area contributed by atoms with Gasteiger partial charge in [0.1, 0.15) is 11.6 Å². The van der Waals surface area contributed by atoms with Crippen molar-refractivity contribution in [3.05, 3.63) is 112 Å².